The second-order valence-corrected chi connectivity index (χ2v) is 5.41. The van der Waals surface area contributed by atoms with Gasteiger partial charge in [-0.25, -0.2) is 0 Å². The molecule has 98 valence electrons. The van der Waals surface area contributed by atoms with Crippen LogP contribution in [0.4, 0.5) is 0 Å². The van der Waals surface area contributed by atoms with Crippen LogP contribution in [0, 0.1) is 18.3 Å². The van der Waals surface area contributed by atoms with Crippen molar-refractivity contribution in [2.45, 2.75) is 26.8 Å². The average Bonchev–Trinajstić information content (AvgIpc) is 2.32. The SMILES string of the molecule is C#CCCOc1c(Br)cccc1CNCC(C)C. The van der Waals surface area contributed by atoms with E-state index in [1.54, 1.807) is 0 Å². The van der Waals surface area contributed by atoms with Crippen molar-refractivity contribution in [3.8, 4) is 18.1 Å². The molecule has 18 heavy (non-hydrogen) atoms. The number of hydrogen-bond acceptors (Lipinski definition) is 2. The lowest BCUT2D eigenvalue weighted by atomic mass is 10.2. The van der Waals surface area contributed by atoms with E-state index in [-0.39, 0.29) is 0 Å². The molecule has 0 saturated heterocycles. The molecule has 0 saturated carbocycles. The minimum Gasteiger partial charge on any atom is -0.491 e. The molecule has 0 fully saturated rings. The Morgan fingerprint density at radius 1 is 1.44 bits per heavy atom. The third-order valence-corrected chi connectivity index (χ3v) is 3.03. The molecule has 0 bridgehead atoms. The van der Waals surface area contributed by atoms with Gasteiger partial charge in [0.25, 0.3) is 0 Å². The van der Waals surface area contributed by atoms with Crippen molar-refractivity contribution in [1.29, 1.82) is 0 Å². The second kappa shape index (κ2) is 8.18. The molecule has 0 unspecified atom stereocenters. The first-order valence-electron chi connectivity index (χ1n) is 6.19. The number of terminal acetylenes is 1. The topological polar surface area (TPSA) is 21.3 Å². The Bertz CT molecular complexity index is 409. The maximum atomic E-state index is 5.74. The number of nitrogens with one attached hydrogen (secondary N) is 1. The van der Waals surface area contributed by atoms with Crippen LogP contribution in [-0.4, -0.2) is 13.2 Å². The van der Waals surface area contributed by atoms with E-state index < -0.39 is 0 Å². The molecule has 0 atom stereocenters. The van der Waals surface area contributed by atoms with Crippen molar-refractivity contribution in [2.24, 2.45) is 5.92 Å². The van der Waals surface area contributed by atoms with Crippen LogP contribution in [0.1, 0.15) is 25.8 Å². The van der Waals surface area contributed by atoms with Crippen molar-refractivity contribution in [1.82, 2.24) is 5.32 Å². The predicted octanol–water partition coefficient (Wildman–Crippen LogP) is 3.60. The van der Waals surface area contributed by atoms with Crippen molar-refractivity contribution in [2.75, 3.05) is 13.2 Å². The quantitative estimate of drug-likeness (QED) is 0.614. The van der Waals surface area contributed by atoms with Crippen LogP contribution in [0.5, 0.6) is 5.75 Å². The smallest absolute Gasteiger partial charge is 0.137 e. The fourth-order valence-corrected chi connectivity index (χ4v) is 2.08. The zero-order valence-corrected chi connectivity index (χ0v) is 12.6. The van der Waals surface area contributed by atoms with Crippen LogP contribution in [0.2, 0.25) is 0 Å². The minimum atomic E-state index is 0.552. The largest absolute Gasteiger partial charge is 0.491 e. The number of rotatable bonds is 7. The maximum Gasteiger partial charge on any atom is 0.137 e. The average molecular weight is 310 g/mol. The Balaban J connectivity index is 2.65. The van der Waals surface area contributed by atoms with Gasteiger partial charge < -0.3 is 10.1 Å². The van der Waals surface area contributed by atoms with Crippen molar-refractivity contribution >= 4 is 15.9 Å². The summed E-state index contributed by atoms with van der Waals surface area (Å²) >= 11 is 3.52. The predicted molar refractivity (Wildman–Crippen MR) is 79.6 cm³/mol. The lowest BCUT2D eigenvalue weighted by Crippen LogP contribution is -2.19. The van der Waals surface area contributed by atoms with Gasteiger partial charge in [0.15, 0.2) is 0 Å². The molecule has 1 N–H and O–H groups in total. The van der Waals surface area contributed by atoms with Gasteiger partial charge in [0.1, 0.15) is 5.75 Å². The molecule has 1 aromatic carbocycles. The van der Waals surface area contributed by atoms with Gasteiger partial charge in [0, 0.05) is 18.5 Å². The third kappa shape index (κ3) is 5.12. The molecule has 0 spiro atoms. The Hall–Kier alpha value is -0.980. The summed E-state index contributed by atoms with van der Waals surface area (Å²) < 4.78 is 6.71. The highest BCUT2D eigenvalue weighted by Crippen LogP contribution is 2.29. The zero-order valence-electron chi connectivity index (χ0n) is 11.0. The normalized spacial score (nSPS) is 10.4. The molecule has 1 aromatic rings. The monoisotopic (exact) mass is 309 g/mol. The van der Waals surface area contributed by atoms with E-state index in [1.807, 2.05) is 12.1 Å². The first-order chi connectivity index (χ1) is 8.65. The van der Waals surface area contributed by atoms with E-state index in [0.717, 1.165) is 28.9 Å². The van der Waals surface area contributed by atoms with E-state index >= 15 is 0 Å². The molecule has 2 nitrogen and oxygen atoms in total. The molecule has 0 aliphatic heterocycles. The molecule has 0 heterocycles. The van der Waals surface area contributed by atoms with E-state index in [4.69, 9.17) is 11.2 Å². The summed E-state index contributed by atoms with van der Waals surface area (Å²) in [6, 6.07) is 6.07. The van der Waals surface area contributed by atoms with Crippen LogP contribution in [0.25, 0.3) is 0 Å². The summed E-state index contributed by atoms with van der Waals surface area (Å²) in [4.78, 5) is 0. The first kappa shape index (κ1) is 15.1. The Morgan fingerprint density at radius 2 is 2.22 bits per heavy atom. The Labute approximate surface area is 118 Å². The van der Waals surface area contributed by atoms with Crippen molar-refractivity contribution in [3.63, 3.8) is 0 Å². The molecular formula is C15H20BrNO. The molecular weight excluding hydrogens is 290 g/mol. The van der Waals surface area contributed by atoms with Crippen LogP contribution in [-0.2, 0) is 6.54 Å². The fraction of sp³-hybridized carbons (Fsp3) is 0.467. The summed E-state index contributed by atoms with van der Waals surface area (Å²) in [5.41, 5.74) is 1.15. The lowest BCUT2D eigenvalue weighted by Gasteiger charge is -2.14. The highest BCUT2D eigenvalue weighted by atomic mass is 79.9. The molecule has 0 aromatic heterocycles. The second-order valence-electron chi connectivity index (χ2n) is 4.56. The highest BCUT2D eigenvalue weighted by molar-refractivity contribution is 9.10. The highest BCUT2D eigenvalue weighted by Gasteiger charge is 2.07. The number of ether oxygens (including phenoxy) is 1. The van der Waals surface area contributed by atoms with Crippen molar-refractivity contribution < 1.29 is 4.74 Å². The number of halogens is 1. The van der Waals surface area contributed by atoms with E-state index in [1.165, 1.54) is 0 Å². The van der Waals surface area contributed by atoms with Gasteiger partial charge in [-0.3, -0.25) is 0 Å². The first-order valence-corrected chi connectivity index (χ1v) is 6.98. The summed E-state index contributed by atoms with van der Waals surface area (Å²) in [5.74, 6) is 4.11. The Kier molecular flexibility index (Phi) is 6.85. The van der Waals surface area contributed by atoms with Crippen LogP contribution >= 0.6 is 15.9 Å². The van der Waals surface area contributed by atoms with Crippen LogP contribution < -0.4 is 10.1 Å². The van der Waals surface area contributed by atoms with Gasteiger partial charge in [0.2, 0.25) is 0 Å². The van der Waals surface area contributed by atoms with Gasteiger partial charge in [-0.2, -0.15) is 0 Å². The van der Waals surface area contributed by atoms with E-state index in [9.17, 15) is 0 Å². The van der Waals surface area contributed by atoms with Crippen LogP contribution in [0.3, 0.4) is 0 Å². The summed E-state index contributed by atoms with van der Waals surface area (Å²) in [6.45, 7) is 6.74. The van der Waals surface area contributed by atoms with Gasteiger partial charge in [-0.15, -0.1) is 12.3 Å². The molecule has 0 aliphatic carbocycles. The van der Waals surface area contributed by atoms with Gasteiger partial charge >= 0.3 is 0 Å². The minimum absolute atomic E-state index is 0.552. The summed E-state index contributed by atoms with van der Waals surface area (Å²) in [6.07, 6.45) is 5.85. The molecule has 1 rings (SSSR count). The maximum absolute atomic E-state index is 5.74. The molecule has 0 radical (unpaired) electrons. The van der Waals surface area contributed by atoms with Gasteiger partial charge in [-0.05, 0) is 34.5 Å². The standard InChI is InChI=1S/C15H20BrNO/c1-4-5-9-18-15-13(7-6-8-14(15)16)11-17-10-12(2)3/h1,6-8,12,17H,5,9-11H2,2-3H3. The van der Waals surface area contributed by atoms with Gasteiger partial charge in [0.05, 0.1) is 11.1 Å². The lowest BCUT2D eigenvalue weighted by molar-refractivity contribution is 0.320. The fourth-order valence-electron chi connectivity index (χ4n) is 1.56. The van der Waals surface area contributed by atoms with E-state index in [0.29, 0.717) is 18.9 Å². The van der Waals surface area contributed by atoms with E-state index in [2.05, 4.69) is 47.1 Å². The van der Waals surface area contributed by atoms with Crippen LogP contribution in [0.15, 0.2) is 22.7 Å². The molecule has 3 heteroatoms. The third-order valence-electron chi connectivity index (χ3n) is 2.41. The number of para-hydroxylation sites is 1. The zero-order chi connectivity index (χ0) is 13.4. The summed E-state index contributed by atoms with van der Waals surface area (Å²) in [7, 11) is 0. The summed E-state index contributed by atoms with van der Waals surface area (Å²) in [5, 5.41) is 3.42. The number of benzene rings is 1. The number of hydrogen-bond donors (Lipinski definition) is 1. The molecule has 0 aliphatic rings. The van der Waals surface area contributed by atoms with Gasteiger partial charge in [-0.1, -0.05) is 26.0 Å². The Morgan fingerprint density at radius 3 is 2.89 bits per heavy atom. The molecule has 0 amide bonds. The van der Waals surface area contributed by atoms with Crippen molar-refractivity contribution in [3.05, 3.63) is 28.2 Å².